The predicted octanol–water partition coefficient (Wildman–Crippen LogP) is 2.13. The van der Waals surface area contributed by atoms with E-state index in [1.165, 1.54) is 11.3 Å². The number of carbonyl (C=O) groups excluding carboxylic acids is 1. The van der Waals surface area contributed by atoms with Crippen LogP contribution in [0.15, 0.2) is 16.6 Å². The Morgan fingerprint density at radius 3 is 3.00 bits per heavy atom. The third-order valence-corrected chi connectivity index (χ3v) is 2.81. The predicted molar refractivity (Wildman–Crippen MR) is 57.1 cm³/mol. The Labute approximate surface area is 89.0 Å². The molecule has 1 aromatic heterocycles. The first kappa shape index (κ1) is 10.4. The molecule has 0 unspecified atom stereocenters. The normalized spacial score (nSPS) is 9.69. The van der Waals surface area contributed by atoms with Crippen LogP contribution in [-0.2, 0) is 0 Å². The maximum atomic E-state index is 11.4. The summed E-state index contributed by atoms with van der Waals surface area (Å²) in [5, 5.41) is 2.67. The molecule has 0 saturated heterocycles. The topological polar surface area (TPSA) is 42.0 Å². The zero-order chi connectivity index (χ0) is 9.84. The van der Waals surface area contributed by atoms with Crippen LogP contribution < -0.4 is 5.32 Å². The highest BCUT2D eigenvalue weighted by Crippen LogP contribution is 2.21. The second kappa shape index (κ2) is 4.53. The molecule has 0 atom stereocenters. The molecule has 1 amide bonds. The standard InChI is InChI=1S/C8H9BrN2OS/c1-3-4-10-7(12)6-5(2)13-8(9)11-6/h3H,1,4H2,2H3,(H,10,12). The van der Waals surface area contributed by atoms with Gasteiger partial charge >= 0.3 is 0 Å². The van der Waals surface area contributed by atoms with Crippen molar-refractivity contribution in [2.24, 2.45) is 0 Å². The number of nitrogens with one attached hydrogen (secondary N) is 1. The van der Waals surface area contributed by atoms with E-state index in [1.807, 2.05) is 6.92 Å². The zero-order valence-electron chi connectivity index (χ0n) is 7.13. The van der Waals surface area contributed by atoms with Crippen molar-refractivity contribution < 1.29 is 4.79 Å². The minimum atomic E-state index is -0.153. The monoisotopic (exact) mass is 260 g/mol. The van der Waals surface area contributed by atoms with Crippen molar-refractivity contribution in [3.63, 3.8) is 0 Å². The first-order valence-electron chi connectivity index (χ1n) is 3.67. The first-order valence-corrected chi connectivity index (χ1v) is 5.28. The van der Waals surface area contributed by atoms with E-state index < -0.39 is 0 Å². The van der Waals surface area contributed by atoms with Crippen LogP contribution >= 0.6 is 27.3 Å². The lowest BCUT2D eigenvalue weighted by Crippen LogP contribution is -2.24. The van der Waals surface area contributed by atoms with E-state index in [0.717, 1.165) is 8.79 Å². The van der Waals surface area contributed by atoms with Crippen molar-refractivity contribution in [1.29, 1.82) is 0 Å². The SMILES string of the molecule is C=CCNC(=O)c1nc(Br)sc1C. The van der Waals surface area contributed by atoms with Gasteiger partial charge in [-0.15, -0.1) is 17.9 Å². The largest absolute Gasteiger partial charge is 0.347 e. The minimum absolute atomic E-state index is 0.153. The fourth-order valence-corrected chi connectivity index (χ4v) is 2.35. The number of aromatic nitrogens is 1. The molecule has 5 heteroatoms. The quantitative estimate of drug-likeness (QED) is 0.847. The highest BCUT2D eigenvalue weighted by molar-refractivity contribution is 9.11. The molecule has 0 aliphatic carbocycles. The number of amides is 1. The Kier molecular flexibility index (Phi) is 3.62. The summed E-state index contributed by atoms with van der Waals surface area (Å²) in [5.74, 6) is -0.153. The molecule has 1 heterocycles. The Morgan fingerprint density at radius 1 is 1.85 bits per heavy atom. The number of halogens is 1. The molecule has 0 radical (unpaired) electrons. The van der Waals surface area contributed by atoms with Gasteiger partial charge in [0.1, 0.15) is 5.69 Å². The Hall–Kier alpha value is -0.680. The molecule has 70 valence electrons. The van der Waals surface area contributed by atoms with Crippen LogP contribution in [0, 0.1) is 6.92 Å². The average Bonchev–Trinajstić information content (AvgIpc) is 2.41. The molecule has 0 aliphatic heterocycles. The smallest absolute Gasteiger partial charge is 0.271 e. The lowest BCUT2D eigenvalue weighted by Gasteiger charge is -1.98. The van der Waals surface area contributed by atoms with E-state index in [9.17, 15) is 4.79 Å². The molecule has 0 spiro atoms. The second-order valence-electron chi connectivity index (χ2n) is 2.37. The Balaban J connectivity index is 2.76. The highest BCUT2D eigenvalue weighted by Gasteiger charge is 2.12. The summed E-state index contributed by atoms with van der Waals surface area (Å²) in [7, 11) is 0. The number of hydrogen-bond acceptors (Lipinski definition) is 3. The van der Waals surface area contributed by atoms with Crippen molar-refractivity contribution in [3.8, 4) is 0 Å². The Bertz CT molecular complexity index is 335. The van der Waals surface area contributed by atoms with Crippen LogP contribution in [0.3, 0.4) is 0 Å². The van der Waals surface area contributed by atoms with Gasteiger partial charge in [0.15, 0.2) is 3.92 Å². The lowest BCUT2D eigenvalue weighted by atomic mass is 10.3. The van der Waals surface area contributed by atoms with Gasteiger partial charge in [-0.25, -0.2) is 4.98 Å². The van der Waals surface area contributed by atoms with Crippen LogP contribution in [0.5, 0.6) is 0 Å². The van der Waals surface area contributed by atoms with E-state index in [2.05, 4.69) is 32.8 Å². The van der Waals surface area contributed by atoms with E-state index in [1.54, 1.807) is 6.08 Å². The maximum Gasteiger partial charge on any atom is 0.271 e. The molecule has 3 nitrogen and oxygen atoms in total. The molecule has 1 aromatic rings. The highest BCUT2D eigenvalue weighted by atomic mass is 79.9. The van der Waals surface area contributed by atoms with E-state index >= 15 is 0 Å². The number of nitrogens with zero attached hydrogens (tertiary/aromatic N) is 1. The third kappa shape index (κ3) is 2.63. The summed E-state index contributed by atoms with van der Waals surface area (Å²) in [4.78, 5) is 16.4. The number of hydrogen-bond donors (Lipinski definition) is 1. The summed E-state index contributed by atoms with van der Waals surface area (Å²) < 4.78 is 0.730. The third-order valence-electron chi connectivity index (χ3n) is 1.39. The molecule has 0 saturated carbocycles. The molecule has 0 aliphatic rings. The fourth-order valence-electron chi connectivity index (χ4n) is 0.823. The van der Waals surface area contributed by atoms with Crippen molar-refractivity contribution in [2.45, 2.75) is 6.92 Å². The minimum Gasteiger partial charge on any atom is -0.347 e. The number of rotatable bonds is 3. The van der Waals surface area contributed by atoms with Gasteiger partial charge in [-0.05, 0) is 22.9 Å². The molecule has 0 aromatic carbocycles. The van der Waals surface area contributed by atoms with Gasteiger partial charge in [-0.1, -0.05) is 6.08 Å². The molecule has 1 rings (SSSR count). The molecule has 0 bridgehead atoms. The van der Waals surface area contributed by atoms with Gasteiger partial charge in [0.2, 0.25) is 0 Å². The molecule has 13 heavy (non-hydrogen) atoms. The molecular weight excluding hydrogens is 252 g/mol. The van der Waals surface area contributed by atoms with Crippen LogP contribution in [0.25, 0.3) is 0 Å². The van der Waals surface area contributed by atoms with Crippen molar-refractivity contribution in [3.05, 3.63) is 27.1 Å². The summed E-state index contributed by atoms with van der Waals surface area (Å²) in [6, 6.07) is 0. The Morgan fingerprint density at radius 2 is 2.54 bits per heavy atom. The van der Waals surface area contributed by atoms with Crippen molar-refractivity contribution >= 4 is 33.2 Å². The molecule has 1 N–H and O–H groups in total. The van der Waals surface area contributed by atoms with Crippen molar-refractivity contribution in [2.75, 3.05) is 6.54 Å². The van der Waals surface area contributed by atoms with E-state index in [-0.39, 0.29) is 5.91 Å². The summed E-state index contributed by atoms with van der Waals surface area (Å²) in [6.07, 6.45) is 1.63. The van der Waals surface area contributed by atoms with Crippen LogP contribution in [0.4, 0.5) is 0 Å². The fraction of sp³-hybridized carbons (Fsp3) is 0.250. The van der Waals surface area contributed by atoms with Gasteiger partial charge < -0.3 is 5.32 Å². The molecule has 0 fully saturated rings. The summed E-state index contributed by atoms with van der Waals surface area (Å²) in [5.41, 5.74) is 0.485. The van der Waals surface area contributed by atoms with Gasteiger partial charge in [0, 0.05) is 11.4 Å². The number of carbonyl (C=O) groups is 1. The maximum absolute atomic E-state index is 11.4. The summed E-state index contributed by atoms with van der Waals surface area (Å²) in [6.45, 7) is 5.84. The zero-order valence-corrected chi connectivity index (χ0v) is 9.54. The lowest BCUT2D eigenvalue weighted by molar-refractivity contribution is 0.0953. The summed E-state index contributed by atoms with van der Waals surface area (Å²) >= 11 is 4.68. The van der Waals surface area contributed by atoms with Crippen LogP contribution in [-0.4, -0.2) is 17.4 Å². The van der Waals surface area contributed by atoms with E-state index in [0.29, 0.717) is 12.2 Å². The number of thiazole rings is 1. The second-order valence-corrected chi connectivity index (χ2v) is 4.85. The average molecular weight is 261 g/mol. The van der Waals surface area contributed by atoms with Gasteiger partial charge in [0.25, 0.3) is 5.91 Å². The van der Waals surface area contributed by atoms with E-state index in [4.69, 9.17) is 0 Å². The molecular formula is C8H9BrN2OS. The van der Waals surface area contributed by atoms with Crippen molar-refractivity contribution in [1.82, 2.24) is 10.3 Å². The van der Waals surface area contributed by atoms with Gasteiger partial charge in [-0.3, -0.25) is 4.79 Å². The van der Waals surface area contributed by atoms with Crippen LogP contribution in [0.1, 0.15) is 15.4 Å². The van der Waals surface area contributed by atoms with Crippen LogP contribution in [0.2, 0.25) is 0 Å². The van der Waals surface area contributed by atoms with Gasteiger partial charge in [-0.2, -0.15) is 0 Å². The first-order chi connectivity index (χ1) is 6.15. The number of aryl methyl sites for hydroxylation is 1. The van der Waals surface area contributed by atoms with Gasteiger partial charge in [0.05, 0.1) is 0 Å².